The fourth-order valence-corrected chi connectivity index (χ4v) is 5.22. The Morgan fingerprint density at radius 3 is 2.76 bits per heavy atom. The van der Waals surface area contributed by atoms with Crippen LogP contribution in [0.3, 0.4) is 0 Å². The summed E-state index contributed by atoms with van der Waals surface area (Å²) in [6, 6.07) is 18.1. The highest BCUT2D eigenvalue weighted by molar-refractivity contribution is 5.84. The molecule has 2 fully saturated rings. The lowest BCUT2D eigenvalue weighted by molar-refractivity contribution is 0.108. The maximum atomic E-state index is 12.8. The van der Waals surface area contributed by atoms with E-state index in [9.17, 15) is 4.79 Å². The zero-order valence-electron chi connectivity index (χ0n) is 19.1. The molecule has 0 aliphatic carbocycles. The van der Waals surface area contributed by atoms with Gasteiger partial charge in [-0.25, -0.2) is 4.79 Å². The molecule has 6 rings (SSSR count). The van der Waals surface area contributed by atoms with Gasteiger partial charge in [0.1, 0.15) is 23.2 Å². The van der Waals surface area contributed by atoms with E-state index in [1.54, 1.807) is 13.3 Å². The number of cyclic esters (lactones) is 1. The highest BCUT2D eigenvalue weighted by Gasteiger charge is 2.38. The maximum Gasteiger partial charge on any atom is 0.410 e. The molecule has 4 aromatic rings. The highest BCUT2D eigenvalue weighted by Crippen LogP contribution is 2.35. The molecule has 7 nitrogen and oxygen atoms in total. The van der Waals surface area contributed by atoms with E-state index in [0.717, 1.165) is 71.4 Å². The number of carbonyl (C=O) groups is 1. The van der Waals surface area contributed by atoms with Crippen molar-refractivity contribution in [1.82, 2.24) is 14.8 Å². The van der Waals surface area contributed by atoms with Gasteiger partial charge < -0.3 is 18.8 Å². The fraction of sp³-hybridized carbons (Fsp3) is 0.333. The average Bonchev–Trinajstić information content (AvgIpc) is 3.46. The number of hydrogen-bond donors (Lipinski definition) is 0. The Labute approximate surface area is 197 Å². The number of nitrogens with zero attached hydrogens (tertiary/aromatic N) is 3. The second-order valence-electron chi connectivity index (χ2n) is 9.07. The van der Waals surface area contributed by atoms with E-state index in [-0.39, 0.29) is 18.2 Å². The SMILES string of the molecule is COc1ccc2nccc(C3CN(C4CCN(Cc5cc6ccccc6o5)CC4)C(=O)O3)c2c1. The number of carbonyl (C=O) groups excluding carboxylic acids is 1. The molecule has 2 saturated heterocycles. The van der Waals surface area contributed by atoms with Gasteiger partial charge in [-0.05, 0) is 49.2 Å². The molecule has 0 spiro atoms. The lowest BCUT2D eigenvalue weighted by atomic mass is 10.0. The second kappa shape index (κ2) is 8.65. The molecule has 1 atom stereocenters. The van der Waals surface area contributed by atoms with E-state index in [0.29, 0.717) is 6.54 Å². The van der Waals surface area contributed by atoms with Gasteiger partial charge in [0.05, 0.1) is 25.7 Å². The molecule has 2 aliphatic heterocycles. The van der Waals surface area contributed by atoms with Gasteiger partial charge in [-0.3, -0.25) is 9.88 Å². The number of methoxy groups -OCH3 is 1. The first-order valence-electron chi connectivity index (χ1n) is 11.8. The van der Waals surface area contributed by atoms with Crippen molar-refractivity contribution in [3.8, 4) is 5.75 Å². The summed E-state index contributed by atoms with van der Waals surface area (Å²) >= 11 is 0. The van der Waals surface area contributed by atoms with Crippen LogP contribution in [0.15, 0.2) is 65.2 Å². The van der Waals surface area contributed by atoms with Crippen LogP contribution in [-0.2, 0) is 11.3 Å². The van der Waals surface area contributed by atoms with Crippen molar-refractivity contribution >= 4 is 28.0 Å². The topological polar surface area (TPSA) is 68.0 Å². The van der Waals surface area contributed by atoms with Crippen molar-refractivity contribution in [3.63, 3.8) is 0 Å². The molecule has 2 aromatic carbocycles. The first kappa shape index (κ1) is 21.0. The maximum absolute atomic E-state index is 12.8. The molecule has 2 aliphatic rings. The third-order valence-electron chi connectivity index (χ3n) is 7.02. The van der Waals surface area contributed by atoms with Gasteiger partial charge in [0.25, 0.3) is 0 Å². The summed E-state index contributed by atoms with van der Waals surface area (Å²) in [6.07, 6.45) is 3.09. The second-order valence-corrected chi connectivity index (χ2v) is 9.07. The molecule has 7 heteroatoms. The Morgan fingerprint density at radius 1 is 1.09 bits per heavy atom. The number of benzene rings is 2. The average molecular weight is 458 g/mol. The zero-order valence-corrected chi connectivity index (χ0v) is 19.1. The number of likely N-dealkylation sites (tertiary alicyclic amines) is 1. The third-order valence-corrected chi connectivity index (χ3v) is 7.02. The van der Waals surface area contributed by atoms with Crippen LogP contribution in [0.4, 0.5) is 4.79 Å². The highest BCUT2D eigenvalue weighted by atomic mass is 16.6. The Hall–Kier alpha value is -3.58. The minimum Gasteiger partial charge on any atom is -0.497 e. The molecule has 1 amide bonds. The predicted molar refractivity (Wildman–Crippen MR) is 129 cm³/mol. The summed E-state index contributed by atoms with van der Waals surface area (Å²) in [5.41, 5.74) is 2.77. The van der Waals surface area contributed by atoms with Crippen LogP contribution in [0.5, 0.6) is 5.75 Å². The van der Waals surface area contributed by atoms with Gasteiger partial charge in [-0.1, -0.05) is 18.2 Å². The molecule has 0 bridgehead atoms. The number of rotatable bonds is 5. The van der Waals surface area contributed by atoms with Crippen molar-refractivity contribution in [2.75, 3.05) is 26.7 Å². The number of fused-ring (bicyclic) bond motifs is 2. The van der Waals surface area contributed by atoms with Gasteiger partial charge in [-0.15, -0.1) is 0 Å². The number of piperidine rings is 1. The van der Waals surface area contributed by atoms with Gasteiger partial charge in [0, 0.05) is 41.7 Å². The molecule has 4 heterocycles. The first-order chi connectivity index (χ1) is 16.7. The number of para-hydroxylation sites is 1. The number of hydrogen-bond acceptors (Lipinski definition) is 6. The minimum atomic E-state index is -0.307. The lowest BCUT2D eigenvalue weighted by Gasteiger charge is -2.35. The zero-order chi connectivity index (χ0) is 23.1. The normalized spacial score (nSPS) is 19.7. The quantitative estimate of drug-likeness (QED) is 0.413. The largest absolute Gasteiger partial charge is 0.497 e. The van der Waals surface area contributed by atoms with Crippen molar-refractivity contribution in [1.29, 1.82) is 0 Å². The molecule has 174 valence electrons. The summed E-state index contributed by atoms with van der Waals surface area (Å²) in [4.78, 5) is 21.6. The van der Waals surface area contributed by atoms with Crippen LogP contribution >= 0.6 is 0 Å². The molecule has 1 unspecified atom stereocenters. The molecular formula is C27H27N3O4. The lowest BCUT2D eigenvalue weighted by Crippen LogP contribution is -2.45. The smallest absolute Gasteiger partial charge is 0.410 e. The molecule has 0 N–H and O–H groups in total. The van der Waals surface area contributed by atoms with E-state index in [1.165, 1.54) is 0 Å². The molecular weight excluding hydrogens is 430 g/mol. The summed E-state index contributed by atoms with van der Waals surface area (Å²) in [5.74, 6) is 1.75. The van der Waals surface area contributed by atoms with Crippen LogP contribution in [0.2, 0.25) is 0 Å². The Kier molecular flexibility index (Phi) is 5.34. The minimum absolute atomic E-state index is 0.187. The van der Waals surface area contributed by atoms with E-state index in [4.69, 9.17) is 13.9 Å². The first-order valence-corrected chi connectivity index (χ1v) is 11.8. The van der Waals surface area contributed by atoms with Gasteiger partial charge in [0.15, 0.2) is 0 Å². The third kappa shape index (κ3) is 3.86. The van der Waals surface area contributed by atoms with Crippen LogP contribution in [-0.4, -0.2) is 53.7 Å². The molecule has 0 radical (unpaired) electrons. The molecule has 34 heavy (non-hydrogen) atoms. The summed E-state index contributed by atoms with van der Waals surface area (Å²) in [6.45, 7) is 3.19. The van der Waals surface area contributed by atoms with Crippen molar-refractivity contribution in [2.45, 2.75) is 31.5 Å². The van der Waals surface area contributed by atoms with E-state index < -0.39 is 0 Å². The monoisotopic (exact) mass is 457 g/mol. The summed E-state index contributed by atoms with van der Waals surface area (Å²) < 4.78 is 17.2. The Bertz CT molecular complexity index is 1310. The van der Waals surface area contributed by atoms with E-state index in [1.807, 2.05) is 47.4 Å². The number of furan rings is 1. The van der Waals surface area contributed by atoms with Gasteiger partial charge in [0.2, 0.25) is 0 Å². The van der Waals surface area contributed by atoms with Gasteiger partial charge in [-0.2, -0.15) is 0 Å². The van der Waals surface area contributed by atoms with Crippen LogP contribution in [0.25, 0.3) is 21.9 Å². The standard InChI is InChI=1S/C27H27N3O4/c1-32-20-6-7-24-23(15-20)22(8-11-28-24)26-17-30(27(31)34-26)19-9-12-29(13-10-19)16-21-14-18-4-2-3-5-25(18)33-21/h2-8,11,14-15,19,26H,9-10,12-13,16-17H2,1H3. The Morgan fingerprint density at radius 2 is 1.94 bits per heavy atom. The van der Waals surface area contributed by atoms with Crippen LogP contribution in [0, 0.1) is 0 Å². The summed E-state index contributed by atoms with van der Waals surface area (Å²) in [7, 11) is 1.65. The number of pyridine rings is 1. The van der Waals surface area contributed by atoms with Crippen molar-refractivity contribution in [2.24, 2.45) is 0 Å². The predicted octanol–water partition coefficient (Wildman–Crippen LogP) is 5.15. The van der Waals surface area contributed by atoms with Crippen molar-refractivity contribution in [3.05, 3.63) is 72.1 Å². The van der Waals surface area contributed by atoms with Gasteiger partial charge >= 0.3 is 6.09 Å². The van der Waals surface area contributed by atoms with Crippen LogP contribution < -0.4 is 4.74 Å². The molecule has 0 saturated carbocycles. The number of aromatic nitrogens is 1. The van der Waals surface area contributed by atoms with E-state index in [2.05, 4.69) is 22.0 Å². The van der Waals surface area contributed by atoms with E-state index >= 15 is 0 Å². The number of ether oxygens (including phenoxy) is 2. The fourth-order valence-electron chi connectivity index (χ4n) is 5.22. The number of amides is 1. The van der Waals surface area contributed by atoms with Crippen LogP contribution in [0.1, 0.15) is 30.3 Å². The van der Waals surface area contributed by atoms with Crippen molar-refractivity contribution < 1.29 is 18.7 Å². The molecule has 2 aromatic heterocycles. The summed E-state index contributed by atoms with van der Waals surface area (Å²) in [5, 5.41) is 2.10. The Balaban J connectivity index is 1.12.